The zero-order valence-corrected chi connectivity index (χ0v) is 19.3. The van der Waals surface area contributed by atoms with Gasteiger partial charge in [0.15, 0.2) is 0 Å². The van der Waals surface area contributed by atoms with Crippen molar-refractivity contribution in [3.63, 3.8) is 0 Å². The SMILES string of the molecule is CCN(CC)CCCC(C)Nc1cc(O)cc2cccnc12.I.I. The first-order chi connectivity index (χ1) is 10.6. The van der Waals surface area contributed by atoms with Crippen LogP contribution in [0.2, 0.25) is 0 Å². The zero-order valence-electron chi connectivity index (χ0n) is 14.7. The highest BCUT2D eigenvalue weighted by atomic mass is 127. The largest absolute Gasteiger partial charge is 0.508 e. The lowest BCUT2D eigenvalue weighted by Gasteiger charge is -2.20. The molecule has 1 atom stereocenters. The summed E-state index contributed by atoms with van der Waals surface area (Å²) in [5.41, 5.74) is 1.82. The first kappa shape index (κ1) is 23.6. The van der Waals surface area contributed by atoms with Crippen molar-refractivity contribution in [1.29, 1.82) is 0 Å². The molecule has 0 spiro atoms. The van der Waals surface area contributed by atoms with Gasteiger partial charge in [0, 0.05) is 23.7 Å². The van der Waals surface area contributed by atoms with Crippen molar-refractivity contribution in [2.24, 2.45) is 0 Å². The lowest BCUT2D eigenvalue weighted by Crippen LogP contribution is -2.25. The third-order valence-electron chi connectivity index (χ3n) is 4.10. The van der Waals surface area contributed by atoms with Gasteiger partial charge in [-0.3, -0.25) is 4.98 Å². The van der Waals surface area contributed by atoms with Crippen LogP contribution >= 0.6 is 48.0 Å². The van der Waals surface area contributed by atoms with Crippen molar-refractivity contribution in [3.05, 3.63) is 30.5 Å². The zero-order chi connectivity index (χ0) is 15.9. The molecule has 4 nitrogen and oxygen atoms in total. The molecule has 0 aliphatic carbocycles. The second-order valence-electron chi connectivity index (χ2n) is 5.78. The van der Waals surface area contributed by atoms with Crippen LogP contribution in [0, 0.1) is 0 Å². The van der Waals surface area contributed by atoms with Crippen LogP contribution in [0.5, 0.6) is 5.75 Å². The summed E-state index contributed by atoms with van der Waals surface area (Å²) in [4.78, 5) is 6.87. The maximum absolute atomic E-state index is 9.86. The van der Waals surface area contributed by atoms with Gasteiger partial charge in [0.1, 0.15) is 5.75 Å². The third kappa shape index (κ3) is 6.87. The van der Waals surface area contributed by atoms with Crippen LogP contribution in [-0.4, -0.2) is 40.7 Å². The van der Waals surface area contributed by atoms with Crippen molar-refractivity contribution in [2.45, 2.75) is 39.7 Å². The average molecular weight is 557 g/mol. The Labute approximate surface area is 179 Å². The molecule has 2 aromatic rings. The van der Waals surface area contributed by atoms with E-state index in [0.29, 0.717) is 6.04 Å². The molecule has 1 aromatic carbocycles. The van der Waals surface area contributed by atoms with E-state index in [2.05, 4.69) is 36.0 Å². The van der Waals surface area contributed by atoms with Gasteiger partial charge in [0.2, 0.25) is 0 Å². The predicted octanol–water partition coefficient (Wildman–Crippen LogP) is 5.10. The van der Waals surface area contributed by atoms with Crippen molar-refractivity contribution in [3.8, 4) is 5.75 Å². The van der Waals surface area contributed by atoms with Gasteiger partial charge < -0.3 is 15.3 Å². The van der Waals surface area contributed by atoms with Crippen molar-refractivity contribution in [1.82, 2.24) is 9.88 Å². The lowest BCUT2D eigenvalue weighted by molar-refractivity contribution is 0.295. The molecule has 0 fully saturated rings. The number of aromatic hydroxyl groups is 1. The monoisotopic (exact) mass is 557 g/mol. The normalized spacial score (nSPS) is 11.7. The lowest BCUT2D eigenvalue weighted by atomic mass is 10.1. The first-order valence-corrected chi connectivity index (χ1v) is 8.20. The second-order valence-corrected chi connectivity index (χ2v) is 5.78. The molecule has 0 aliphatic heterocycles. The summed E-state index contributed by atoms with van der Waals surface area (Å²) in [6.45, 7) is 9.95. The van der Waals surface area contributed by atoms with Crippen molar-refractivity contribution < 1.29 is 5.11 Å². The second kappa shape index (κ2) is 12.1. The fourth-order valence-electron chi connectivity index (χ4n) is 2.79. The van der Waals surface area contributed by atoms with Crippen LogP contribution in [0.3, 0.4) is 0 Å². The number of phenolic OH excluding ortho intramolecular Hbond substituents is 1. The van der Waals surface area contributed by atoms with Gasteiger partial charge in [-0.2, -0.15) is 0 Å². The Morgan fingerprint density at radius 3 is 2.58 bits per heavy atom. The fourth-order valence-corrected chi connectivity index (χ4v) is 2.79. The predicted molar refractivity (Wildman–Crippen MR) is 124 cm³/mol. The number of pyridine rings is 1. The summed E-state index contributed by atoms with van der Waals surface area (Å²) in [5.74, 6) is 0.276. The number of nitrogens with one attached hydrogen (secondary N) is 1. The maximum atomic E-state index is 9.86. The minimum absolute atomic E-state index is 0. The number of anilines is 1. The van der Waals surface area contributed by atoms with E-state index in [0.717, 1.165) is 42.6 Å². The van der Waals surface area contributed by atoms with E-state index in [1.807, 2.05) is 12.1 Å². The summed E-state index contributed by atoms with van der Waals surface area (Å²) in [5, 5.41) is 14.3. The average Bonchev–Trinajstić information content (AvgIpc) is 2.51. The number of phenols is 1. The highest BCUT2D eigenvalue weighted by Gasteiger charge is 2.09. The molecule has 24 heavy (non-hydrogen) atoms. The van der Waals surface area contributed by atoms with E-state index >= 15 is 0 Å². The maximum Gasteiger partial charge on any atom is 0.118 e. The smallest absolute Gasteiger partial charge is 0.118 e. The van der Waals surface area contributed by atoms with Gasteiger partial charge in [-0.15, -0.1) is 48.0 Å². The molecule has 1 aromatic heterocycles. The van der Waals surface area contributed by atoms with Crippen LogP contribution < -0.4 is 5.32 Å². The molecule has 2 rings (SSSR count). The Kier molecular flexibility index (Phi) is 11.9. The summed E-state index contributed by atoms with van der Waals surface area (Å²) < 4.78 is 0. The van der Waals surface area contributed by atoms with Crippen molar-refractivity contribution >= 4 is 64.5 Å². The van der Waals surface area contributed by atoms with Crippen LogP contribution in [0.15, 0.2) is 30.5 Å². The van der Waals surface area contributed by atoms with Crippen LogP contribution in [0.1, 0.15) is 33.6 Å². The molecule has 0 radical (unpaired) electrons. The summed E-state index contributed by atoms with van der Waals surface area (Å²) >= 11 is 0. The van der Waals surface area contributed by atoms with Gasteiger partial charge in [0.25, 0.3) is 0 Å². The number of fused-ring (bicyclic) bond motifs is 1. The number of rotatable bonds is 8. The molecule has 136 valence electrons. The van der Waals surface area contributed by atoms with Gasteiger partial charge in [-0.25, -0.2) is 0 Å². The van der Waals surface area contributed by atoms with Crippen molar-refractivity contribution in [2.75, 3.05) is 25.0 Å². The Morgan fingerprint density at radius 1 is 1.21 bits per heavy atom. The minimum atomic E-state index is 0. The Balaban J connectivity index is 0.00000264. The Bertz CT molecular complexity index is 606. The van der Waals surface area contributed by atoms with Gasteiger partial charge >= 0.3 is 0 Å². The Hall–Kier alpha value is -0.350. The number of hydrogen-bond acceptors (Lipinski definition) is 4. The molecule has 0 amide bonds. The molecule has 1 heterocycles. The molecule has 0 bridgehead atoms. The molecular formula is C18H29I2N3O. The van der Waals surface area contributed by atoms with E-state index in [9.17, 15) is 5.11 Å². The topological polar surface area (TPSA) is 48.4 Å². The third-order valence-corrected chi connectivity index (χ3v) is 4.10. The summed E-state index contributed by atoms with van der Waals surface area (Å²) in [7, 11) is 0. The van der Waals surface area contributed by atoms with Crippen LogP contribution in [0.25, 0.3) is 10.9 Å². The van der Waals surface area contributed by atoms with Crippen LogP contribution in [0.4, 0.5) is 5.69 Å². The number of halogens is 2. The molecule has 2 N–H and O–H groups in total. The molecular weight excluding hydrogens is 528 g/mol. The summed E-state index contributed by atoms with van der Waals surface area (Å²) in [6.07, 6.45) is 4.05. The van der Waals surface area contributed by atoms with Gasteiger partial charge in [-0.05, 0) is 51.5 Å². The highest BCUT2D eigenvalue weighted by Crippen LogP contribution is 2.27. The number of nitrogens with zero attached hydrogens (tertiary/aromatic N) is 2. The van der Waals surface area contributed by atoms with E-state index in [-0.39, 0.29) is 53.7 Å². The Morgan fingerprint density at radius 2 is 1.92 bits per heavy atom. The van der Waals surface area contributed by atoms with E-state index in [1.54, 1.807) is 18.3 Å². The summed E-state index contributed by atoms with van der Waals surface area (Å²) in [6, 6.07) is 7.72. The molecule has 0 saturated heterocycles. The number of benzene rings is 1. The number of hydrogen-bond donors (Lipinski definition) is 2. The van der Waals surface area contributed by atoms with Crippen LogP contribution in [-0.2, 0) is 0 Å². The van der Waals surface area contributed by atoms with E-state index in [4.69, 9.17) is 0 Å². The van der Waals surface area contributed by atoms with E-state index < -0.39 is 0 Å². The standard InChI is InChI=1S/C18H27N3O.2HI/c1-4-21(5-2)11-7-8-14(3)20-17-13-16(22)12-15-9-6-10-19-18(15)17;;/h6,9-10,12-14,20,22H,4-5,7-8,11H2,1-3H3;2*1H. The highest BCUT2D eigenvalue weighted by molar-refractivity contribution is 14.0. The first-order valence-electron chi connectivity index (χ1n) is 8.20. The van der Waals surface area contributed by atoms with Gasteiger partial charge in [-0.1, -0.05) is 19.9 Å². The molecule has 0 saturated carbocycles. The molecule has 6 heteroatoms. The minimum Gasteiger partial charge on any atom is -0.508 e. The molecule has 1 unspecified atom stereocenters. The fraction of sp³-hybridized carbons (Fsp3) is 0.500. The van der Waals surface area contributed by atoms with E-state index in [1.165, 1.54) is 6.42 Å². The quantitative estimate of drug-likeness (QED) is 0.444. The van der Waals surface area contributed by atoms with Gasteiger partial charge in [0.05, 0.1) is 11.2 Å². The molecule has 0 aliphatic rings. The number of aromatic nitrogens is 1.